The Kier molecular flexibility index (Phi) is 12.4. The Morgan fingerprint density at radius 1 is 1.01 bits per heavy atom. The van der Waals surface area contributed by atoms with Crippen LogP contribution < -0.4 is 23.8 Å². The number of methoxy groups -OCH3 is 1. The predicted octanol–water partition coefficient (Wildman–Crippen LogP) is 9.89. The summed E-state index contributed by atoms with van der Waals surface area (Å²) in [6.07, 6.45) is 11.3. The van der Waals surface area contributed by atoms with Gasteiger partial charge in [0.15, 0.2) is 5.75 Å². The number of aliphatic hydroxyl groups is 1. The smallest absolute Gasteiger partial charge is 0.288 e. The standard InChI is InChI=1S/C51H60N6O9S2/c1-31(2)37-8-5-6-9-38(37)40-10-7-21-56(40)35-28-51(29-35)18-22-55(23-19-51)34-11-12-39(42(25-34)66-44-24-33-15-20-52-47(33)53-49(44)64-4)48(58)54-68(62,63)36-26-41(57(60)61)46-43(27-36)65-30-45(67-46)32-13-16-50(3,59)17-14-32/h5-6,8-9,11-12,15,20,24-27,31-32,35,40,45,59H,7,10,13-14,16-19,21-23,28-30H2,1-4H3,(H,52,53)(H,54,58)/t32?,40-,45+,50?/m0/s1. The number of pyridine rings is 1. The number of aromatic amines is 1. The van der Waals surface area contributed by atoms with Crippen LogP contribution in [0.5, 0.6) is 23.1 Å². The molecule has 0 unspecified atom stereocenters. The van der Waals surface area contributed by atoms with Crippen LogP contribution in [0.4, 0.5) is 11.4 Å². The number of hydrogen-bond acceptors (Lipinski definition) is 13. The Labute approximate surface area is 401 Å². The van der Waals surface area contributed by atoms with E-state index in [1.165, 1.54) is 61.7 Å². The molecule has 5 aromatic rings. The van der Waals surface area contributed by atoms with Crippen LogP contribution in [-0.4, -0.2) is 89.5 Å². The topological polar surface area (TPSA) is 189 Å². The molecule has 2 saturated carbocycles. The molecule has 15 nitrogen and oxygen atoms in total. The van der Waals surface area contributed by atoms with Crippen LogP contribution in [0.1, 0.15) is 118 Å². The summed E-state index contributed by atoms with van der Waals surface area (Å²) >= 11 is 1.31. The fourth-order valence-corrected chi connectivity index (χ4v) is 13.9. The van der Waals surface area contributed by atoms with Gasteiger partial charge >= 0.3 is 0 Å². The lowest BCUT2D eigenvalue weighted by Crippen LogP contribution is -2.54. The molecule has 1 amide bonds. The number of benzene rings is 3. The van der Waals surface area contributed by atoms with Crippen molar-refractivity contribution < 1.29 is 37.5 Å². The van der Waals surface area contributed by atoms with Gasteiger partial charge in [0.25, 0.3) is 27.5 Å². The monoisotopic (exact) mass is 964 g/mol. The second-order valence-electron chi connectivity index (χ2n) is 20.2. The number of fused-ring (bicyclic) bond motifs is 2. The van der Waals surface area contributed by atoms with E-state index >= 15 is 0 Å². The zero-order chi connectivity index (χ0) is 47.5. The number of piperidine rings is 1. The Bertz CT molecular complexity index is 2840. The van der Waals surface area contributed by atoms with Gasteiger partial charge in [0, 0.05) is 65.9 Å². The molecule has 1 spiro atoms. The zero-order valence-electron chi connectivity index (χ0n) is 39.0. The number of nitrogens with zero attached hydrogens (tertiary/aromatic N) is 4. The minimum atomic E-state index is -4.68. The van der Waals surface area contributed by atoms with Crippen LogP contribution >= 0.6 is 11.8 Å². The molecule has 68 heavy (non-hydrogen) atoms. The minimum Gasteiger partial charge on any atom is -0.491 e. The summed E-state index contributed by atoms with van der Waals surface area (Å²) in [6, 6.07) is 20.9. The molecule has 360 valence electrons. The van der Waals surface area contributed by atoms with Gasteiger partial charge in [0.1, 0.15) is 28.6 Å². The summed E-state index contributed by atoms with van der Waals surface area (Å²) in [5, 5.41) is 23.6. The van der Waals surface area contributed by atoms with Gasteiger partial charge in [-0.05, 0) is 130 Å². The molecule has 2 aliphatic carbocycles. The summed E-state index contributed by atoms with van der Waals surface area (Å²) in [7, 11) is -3.21. The first-order valence-corrected chi connectivity index (χ1v) is 26.3. The number of rotatable bonds is 12. The Hall–Kier alpha value is -5.36. The van der Waals surface area contributed by atoms with Crippen molar-refractivity contribution in [2.24, 2.45) is 11.3 Å². The number of carbonyl (C=O) groups excluding carboxylic acids is 1. The average molecular weight is 965 g/mol. The number of aromatic nitrogens is 2. The van der Waals surface area contributed by atoms with Crippen LogP contribution in [0.25, 0.3) is 11.0 Å². The molecule has 2 aromatic heterocycles. The molecule has 5 heterocycles. The number of ether oxygens (including phenoxy) is 3. The third kappa shape index (κ3) is 9.02. The fraction of sp³-hybridized carbons (Fsp3) is 0.490. The number of nitrogens with one attached hydrogen (secondary N) is 2. The highest BCUT2D eigenvalue weighted by Crippen LogP contribution is 2.55. The second kappa shape index (κ2) is 18.2. The number of likely N-dealkylation sites (tertiary alicyclic amines) is 1. The van der Waals surface area contributed by atoms with Crippen molar-refractivity contribution >= 4 is 50.1 Å². The number of sulfonamides is 1. The van der Waals surface area contributed by atoms with E-state index in [9.17, 15) is 28.4 Å². The summed E-state index contributed by atoms with van der Waals surface area (Å²) in [6.45, 7) is 9.38. The molecular formula is C51H60N6O9S2. The molecule has 4 fully saturated rings. The van der Waals surface area contributed by atoms with Gasteiger partial charge in [0.2, 0.25) is 0 Å². The number of nitro benzene ring substituents is 1. The molecule has 17 heteroatoms. The summed E-state index contributed by atoms with van der Waals surface area (Å²) < 4.78 is 48.4. The molecule has 2 saturated heterocycles. The highest BCUT2D eigenvalue weighted by Gasteiger charge is 2.50. The van der Waals surface area contributed by atoms with E-state index in [1.54, 1.807) is 30.5 Å². The van der Waals surface area contributed by atoms with Crippen molar-refractivity contribution in [3.8, 4) is 23.1 Å². The van der Waals surface area contributed by atoms with E-state index in [0.717, 1.165) is 62.5 Å². The Morgan fingerprint density at radius 2 is 1.78 bits per heavy atom. The summed E-state index contributed by atoms with van der Waals surface area (Å²) in [5.74, 6) is 0.207. The first-order valence-electron chi connectivity index (χ1n) is 23.9. The molecule has 3 N–H and O–H groups in total. The third-order valence-corrected chi connectivity index (χ3v) is 18.2. The van der Waals surface area contributed by atoms with Gasteiger partial charge < -0.3 is 29.2 Å². The highest BCUT2D eigenvalue weighted by atomic mass is 32.2. The SMILES string of the molecule is COc1nc2[nH]ccc2cc1Oc1cc(N2CCC3(CC2)CC(N2CCC[C@H]2c2ccccc2C(C)C)C3)ccc1C(=O)NS(=O)(=O)c1cc2c(c([N+](=O)[O-])c1)S[C@@H](C1CCC(C)(O)CC1)CO2. The lowest BCUT2D eigenvalue weighted by Gasteiger charge is -2.56. The van der Waals surface area contributed by atoms with Gasteiger partial charge in [-0.25, -0.2) is 13.1 Å². The normalized spacial score (nSPS) is 24.1. The average Bonchev–Trinajstić information content (AvgIpc) is 3.99. The molecule has 3 aromatic carbocycles. The van der Waals surface area contributed by atoms with Crippen molar-refractivity contribution in [2.45, 2.75) is 124 Å². The van der Waals surface area contributed by atoms with Crippen molar-refractivity contribution in [3.05, 3.63) is 99.7 Å². The van der Waals surface area contributed by atoms with Crippen molar-refractivity contribution in [3.63, 3.8) is 0 Å². The largest absolute Gasteiger partial charge is 0.491 e. The quantitative estimate of drug-likeness (QED) is 0.0792. The molecule has 0 radical (unpaired) electrons. The Morgan fingerprint density at radius 3 is 2.51 bits per heavy atom. The minimum absolute atomic E-state index is 0.0672. The lowest BCUT2D eigenvalue weighted by molar-refractivity contribution is -0.388. The number of carbonyl (C=O) groups is 1. The van der Waals surface area contributed by atoms with Gasteiger partial charge in [0.05, 0.1) is 28.1 Å². The predicted molar refractivity (Wildman–Crippen MR) is 261 cm³/mol. The van der Waals surface area contributed by atoms with Gasteiger partial charge in [-0.3, -0.25) is 19.8 Å². The number of amides is 1. The molecular weight excluding hydrogens is 905 g/mol. The fourth-order valence-electron chi connectivity index (χ4n) is 11.5. The van der Waals surface area contributed by atoms with Crippen LogP contribution in [0, 0.1) is 21.4 Å². The van der Waals surface area contributed by atoms with Crippen molar-refractivity contribution in [1.82, 2.24) is 19.6 Å². The van der Waals surface area contributed by atoms with Gasteiger partial charge in [-0.2, -0.15) is 4.98 Å². The van der Waals surface area contributed by atoms with Crippen LogP contribution in [0.3, 0.4) is 0 Å². The number of hydrogen-bond donors (Lipinski definition) is 3. The lowest BCUT2D eigenvalue weighted by atomic mass is 9.59. The molecule has 0 bridgehead atoms. The summed E-state index contributed by atoms with van der Waals surface area (Å²) in [4.78, 5) is 38.5. The van der Waals surface area contributed by atoms with Crippen molar-refractivity contribution in [1.29, 1.82) is 0 Å². The molecule has 5 aliphatic rings. The zero-order valence-corrected chi connectivity index (χ0v) is 40.7. The van der Waals surface area contributed by atoms with Crippen LogP contribution in [0.15, 0.2) is 82.7 Å². The van der Waals surface area contributed by atoms with E-state index in [4.69, 9.17) is 14.2 Å². The van der Waals surface area contributed by atoms with Gasteiger partial charge in [-0.1, -0.05) is 38.1 Å². The first-order chi connectivity index (χ1) is 32.6. The Balaban J connectivity index is 0.875. The molecule has 2 atom stereocenters. The van der Waals surface area contributed by atoms with Crippen molar-refractivity contribution in [2.75, 3.05) is 38.3 Å². The first kappa shape index (κ1) is 46.4. The maximum Gasteiger partial charge on any atom is 0.288 e. The number of nitro groups is 1. The molecule has 3 aliphatic heterocycles. The van der Waals surface area contributed by atoms with Gasteiger partial charge in [-0.15, -0.1) is 11.8 Å². The van der Waals surface area contributed by atoms with Crippen LogP contribution in [-0.2, 0) is 10.0 Å². The second-order valence-corrected chi connectivity index (χ2v) is 23.1. The number of anilines is 1. The third-order valence-electron chi connectivity index (χ3n) is 15.4. The highest BCUT2D eigenvalue weighted by molar-refractivity contribution is 8.00. The van der Waals surface area contributed by atoms with E-state index in [0.29, 0.717) is 36.5 Å². The summed E-state index contributed by atoms with van der Waals surface area (Å²) in [5.41, 5.74) is 3.39. The van der Waals surface area contributed by atoms with E-state index in [2.05, 4.69) is 62.6 Å². The molecule has 10 rings (SSSR count). The number of thioether (sulfide) groups is 1. The van der Waals surface area contributed by atoms with E-state index in [1.807, 2.05) is 13.0 Å². The number of H-pyrrole nitrogens is 1. The van der Waals surface area contributed by atoms with Crippen LogP contribution in [0.2, 0.25) is 0 Å². The maximum atomic E-state index is 14.2. The van der Waals surface area contributed by atoms with E-state index < -0.39 is 37.0 Å². The van der Waals surface area contributed by atoms with E-state index in [-0.39, 0.29) is 56.8 Å². The maximum absolute atomic E-state index is 14.2.